The molecule has 2 N–H and O–H groups in total. The van der Waals surface area contributed by atoms with Gasteiger partial charge in [0.25, 0.3) is 0 Å². The summed E-state index contributed by atoms with van der Waals surface area (Å²) in [5, 5.41) is 0.372. The molecule has 5 heteroatoms. The number of hydrogen-bond acceptors (Lipinski definition) is 5. The predicted molar refractivity (Wildman–Crippen MR) is 58.8 cm³/mol. The third kappa shape index (κ3) is 2.38. The molecule has 76 valence electrons. The first-order valence-electron chi connectivity index (χ1n) is 4.42. The molecule has 0 aliphatic carbocycles. The first kappa shape index (κ1) is 9.79. The molecule has 0 fully saturated rings. The molecule has 1 aromatic carbocycles. The van der Waals surface area contributed by atoms with E-state index in [0.29, 0.717) is 11.4 Å². The number of nitrogen functional groups attached to an aromatic ring is 1. The van der Waals surface area contributed by atoms with Gasteiger partial charge >= 0.3 is 0 Å². The number of aromatic nitrogens is 2. The van der Waals surface area contributed by atoms with E-state index < -0.39 is 0 Å². The van der Waals surface area contributed by atoms with Crippen LogP contribution in [-0.2, 0) is 6.42 Å². The molecule has 0 spiro atoms. The van der Waals surface area contributed by atoms with Gasteiger partial charge in [0.15, 0.2) is 10.8 Å². The van der Waals surface area contributed by atoms with Crippen LogP contribution in [0.15, 0.2) is 30.3 Å². The maximum atomic E-state index is 11.7. The SMILES string of the molecule is Nc1nsc(C(=O)Cc2ccccc2)n1. The molecule has 0 aliphatic rings. The van der Waals surface area contributed by atoms with E-state index in [0.717, 1.165) is 17.1 Å². The fraction of sp³-hybridized carbons (Fsp3) is 0.100. The quantitative estimate of drug-likeness (QED) is 0.795. The van der Waals surface area contributed by atoms with Gasteiger partial charge in [-0.05, 0) is 17.1 Å². The van der Waals surface area contributed by atoms with E-state index in [1.807, 2.05) is 30.3 Å². The minimum atomic E-state index is -0.0459. The number of rotatable bonds is 3. The van der Waals surface area contributed by atoms with Crippen molar-refractivity contribution in [1.82, 2.24) is 9.36 Å². The fourth-order valence-corrected chi connectivity index (χ4v) is 1.73. The van der Waals surface area contributed by atoms with Gasteiger partial charge in [0.05, 0.1) is 0 Å². The molecular weight excluding hydrogens is 210 g/mol. The predicted octanol–water partition coefficient (Wildman–Crippen LogP) is 1.55. The van der Waals surface area contributed by atoms with E-state index >= 15 is 0 Å². The molecule has 0 saturated heterocycles. The van der Waals surface area contributed by atoms with Gasteiger partial charge in [0, 0.05) is 6.42 Å². The molecule has 0 saturated carbocycles. The average molecular weight is 219 g/mol. The number of carbonyl (C=O) groups excluding carboxylic acids is 1. The number of carbonyl (C=O) groups is 1. The lowest BCUT2D eigenvalue weighted by atomic mass is 10.1. The molecule has 0 bridgehead atoms. The van der Waals surface area contributed by atoms with Crippen molar-refractivity contribution in [2.75, 3.05) is 5.73 Å². The Labute approximate surface area is 90.9 Å². The summed E-state index contributed by atoms with van der Waals surface area (Å²) in [6.07, 6.45) is 0.343. The van der Waals surface area contributed by atoms with Crippen LogP contribution in [0.4, 0.5) is 5.95 Å². The van der Waals surface area contributed by atoms with Gasteiger partial charge in [-0.15, -0.1) is 0 Å². The van der Waals surface area contributed by atoms with Gasteiger partial charge in [-0.3, -0.25) is 4.79 Å². The molecule has 2 rings (SSSR count). The van der Waals surface area contributed by atoms with Crippen LogP contribution >= 0.6 is 11.5 Å². The summed E-state index contributed by atoms with van der Waals surface area (Å²) in [6, 6.07) is 9.52. The molecule has 2 aromatic rings. The van der Waals surface area contributed by atoms with Crippen LogP contribution in [-0.4, -0.2) is 15.1 Å². The van der Waals surface area contributed by atoms with E-state index in [1.54, 1.807) is 0 Å². The van der Waals surface area contributed by atoms with Crippen molar-refractivity contribution in [1.29, 1.82) is 0 Å². The molecule has 0 amide bonds. The van der Waals surface area contributed by atoms with E-state index in [-0.39, 0.29) is 11.7 Å². The summed E-state index contributed by atoms with van der Waals surface area (Å²) >= 11 is 1.04. The Kier molecular flexibility index (Phi) is 2.73. The van der Waals surface area contributed by atoms with Crippen molar-refractivity contribution >= 4 is 23.3 Å². The highest BCUT2D eigenvalue weighted by molar-refractivity contribution is 7.07. The van der Waals surface area contributed by atoms with E-state index in [9.17, 15) is 4.79 Å². The molecule has 1 heterocycles. The van der Waals surface area contributed by atoms with Crippen molar-refractivity contribution in [3.8, 4) is 0 Å². The molecule has 1 aromatic heterocycles. The van der Waals surface area contributed by atoms with Crippen LogP contribution in [0.3, 0.4) is 0 Å². The number of ketones is 1. The molecule has 0 unspecified atom stereocenters. The fourth-order valence-electron chi connectivity index (χ4n) is 1.20. The van der Waals surface area contributed by atoms with Gasteiger partial charge in [0.2, 0.25) is 5.95 Å². The van der Waals surface area contributed by atoms with Crippen molar-refractivity contribution in [3.05, 3.63) is 40.9 Å². The number of anilines is 1. The van der Waals surface area contributed by atoms with Crippen molar-refractivity contribution in [2.24, 2.45) is 0 Å². The second kappa shape index (κ2) is 4.18. The Morgan fingerprint density at radius 2 is 2.07 bits per heavy atom. The van der Waals surface area contributed by atoms with Crippen LogP contribution in [0.1, 0.15) is 15.4 Å². The van der Waals surface area contributed by atoms with Gasteiger partial charge < -0.3 is 5.73 Å². The Hall–Kier alpha value is -1.75. The Balaban J connectivity index is 2.11. The highest BCUT2D eigenvalue weighted by Crippen LogP contribution is 2.10. The summed E-state index contributed by atoms with van der Waals surface area (Å²) in [5.41, 5.74) is 6.31. The standard InChI is InChI=1S/C10H9N3OS/c11-10-12-9(15-13-10)8(14)6-7-4-2-1-3-5-7/h1-5H,6H2,(H2,11,13). The maximum Gasteiger partial charge on any atom is 0.232 e. The van der Waals surface area contributed by atoms with Crippen molar-refractivity contribution < 1.29 is 4.79 Å². The largest absolute Gasteiger partial charge is 0.367 e. The zero-order chi connectivity index (χ0) is 10.7. The maximum absolute atomic E-state index is 11.7. The van der Waals surface area contributed by atoms with E-state index in [2.05, 4.69) is 9.36 Å². The normalized spacial score (nSPS) is 10.1. The molecular formula is C10H9N3OS. The second-order valence-electron chi connectivity index (χ2n) is 3.04. The zero-order valence-electron chi connectivity index (χ0n) is 7.88. The monoisotopic (exact) mass is 219 g/mol. The third-order valence-corrected chi connectivity index (χ3v) is 2.66. The van der Waals surface area contributed by atoms with Gasteiger partial charge in [-0.2, -0.15) is 9.36 Å². The van der Waals surface area contributed by atoms with Gasteiger partial charge in [-0.1, -0.05) is 30.3 Å². The lowest BCUT2D eigenvalue weighted by molar-refractivity contribution is 0.0992. The average Bonchev–Trinajstić information content (AvgIpc) is 2.66. The first-order chi connectivity index (χ1) is 7.25. The van der Waals surface area contributed by atoms with Crippen molar-refractivity contribution in [2.45, 2.75) is 6.42 Å². The summed E-state index contributed by atoms with van der Waals surface area (Å²) in [6.45, 7) is 0. The zero-order valence-corrected chi connectivity index (χ0v) is 8.70. The van der Waals surface area contributed by atoms with Crippen LogP contribution in [0.25, 0.3) is 0 Å². The molecule has 0 aliphatic heterocycles. The highest BCUT2D eigenvalue weighted by atomic mass is 32.1. The summed E-state index contributed by atoms with van der Waals surface area (Å²) in [4.78, 5) is 15.5. The molecule has 0 atom stereocenters. The van der Waals surface area contributed by atoms with E-state index in [4.69, 9.17) is 5.73 Å². The third-order valence-electron chi connectivity index (χ3n) is 1.89. The summed E-state index contributed by atoms with van der Waals surface area (Å²) in [7, 11) is 0. The molecule has 0 radical (unpaired) electrons. The van der Waals surface area contributed by atoms with Crippen LogP contribution in [0, 0.1) is 0 Å². The number of Topliss-reactive ketones (excluding diaryl/α,β-unsaturated/α-hetero) is 1. The summed E-state index contributed by atoms with van der Waals surface area (Å²) < 4.78 is 3.77. The Morgan fingerprint density at radius 3 is 2.67 bits per heavy atom. The second-order valence-corrected chi connectivity index (χ2v) is 3.80. The molecule has 4 nitrogen and oxygen atoms in total. The van der Waals surface area contributed by atoms with Gasteiger partial charge in [0.1, 0.15) is 0 Å². The lowest BCUT2D eigenvalue weighted by Gasteiger charge is -1.96. The van der Waals surface area contributed by atoms with Gasteiger partial charge in [-0.25, -0.2) is 0 Å². The number of hydrogen-bond donors (Lipinski definition) is 1. The van der Waals surface area contributed by atoms with E-state index in [1.165, 1.54) is 0 Å². The van der Waals surface area contributed by atoms with Crippen LogP contribution in [0.2, 0.25) is 0 Å². The number of nitrogens with zero attached hydrogens (tertiary/aromatic N) is 2. The highest BCUT2D eigenvalue weighted by Gasteiger charge is 2.11. The number of nitrogens with two attached hydrogens (primary N) is 1. The first-order valence-corrected chi connectivity index (χ1v) is 5.19. The van der Waals surface area contributed by atoms with Crippen LogP contribution < -0.4 is 5.73 Å². The smallest absolute Gasteiger partial charge is 0.232 e. The summed E-state index contributed by atoms with van der Waals surface area (Å²) in [5.74, 6) is 0.117. The Bertz CT molecular complexity index is 467. The topological polar surface area (TPSA) is 68.9 Å². The Morgan fingerprint density at radius 1 is 1.33 bits per heavy atom. The minimum Gasteiger partial charge on any atom is -0.367 e. The van der Waals surface area contributed by atoms with Crippen molar-refractivity contribution in [3.63, 3.8) is 0 Å². The number of benzene rings is 1. The van der Waals surface area contributed by atoms with Crippen LogP contribution in [0.5, 0.6) is 0 Å². The molecule has 15 heavy (non-hydrogen) atoms. The lowest BCUT2D eigenvalue weighted by Crippen LogP contribution is -2.03. The minimum absolute atomic E-state index is 0.0459.